The first-order valence-electron chi connectivity index (χ1n) is 11.8. The molecule has 1 atom stereocenters. The number of furan rings is 1. The molecule has 1 aliphatic carbocycles. The second-order valence-corrected chi connectivity index (χ2v) is 8.54. The monoisotopic (exact) mass is 493 g/mol. The summed E-state index contributed by atoms with van der Waals surface area (Å²) in [6.07, 6.45) is 4.98. The summed E-state index contributed by atoms with van der Waals surface area (Å²) in [4.78, 5) is 40.9. The van der Waals surface area contributed by atoms with Gasteiger partial charge in [0.25, 0.3) is 5.91 Å². The van der Waals surface area contributed by atoms with E-state index >= 15 is 4.39 Å². The van der Waals surface area contributed by atoms with E-state index in [1.807, 2.05) is 0 Å². The van der Waals surface area contributed by atoms with Gasteiger partial charge in [0.15, 0.2) is 5.76 Å². The lowest BCUT2D eigenvalue weighted by atomic mass is 10.0. The molecule has 36 heavy (non-hydrogen) atoms. The van der Waals surface area contributed by atoms with E-state index in [0.717, 1.165) is 25.7 Å². The fourth-order valence-electron chi connectivity index (χ4n) is 4.38. The second kappa shape index (κ2) is 11.5. The van der Waals surface area contributed by atoms with Crippen molar-refractivity contribution in [3.8, 4) is 5.75 Å². The molecule has 0 bridgehead atoms. The Morgan fingerprint density at radius 1 is 1.08 bits per heavy atom. The summed E-state index contributed by atoms with van der Waals surface area (Å²) in [6.45, 7) is -0.446. The number of carbonyl (C=O) groups is 3. The van der Waals surface area contributed by atoms with E-state index in [9.17, 15) is 14.4 Å². The zero-order valence-electron chi connectivity index (χ0n) is 19.9. The predicted octanol–water partition coefficient (Wildman–Crippen LogP) is 3.99. The Labute approximate surface area is 208 Å². The zero-order valence-corrected chi connectivity index (χ0v) is 19.9. The van der Waals surface area contributed by atoms with Crippen molar-refractivity contribution in [3.05, 3.63) is 84.1 Å². The van der Waals surface area contributed by atoms with Crippen LogP contribution in [0.25, 0.3) is 0 Å². The highest BCUT2D eigenvalue weighted by Gasteiger charge is 2.36. The maximum absolute atomic E-state index is 15.1. The van der Waals surface area contributed by atoms with Crippen LogP contribution in [0.15, 0.2) is 71.3 Å². The zero-order chi connectivity index (χ0) is 25.5. The van der Waals surface area contributed by atoms with E-state index in [4.69, 9.17) is 9.15 Å². The van der Waals surface area contributed by atoms with Gasteiger partial charge in [-0.15, -0.1) is 0 Å². The van der Waals surface area contributed by atoms with Crippen molar-refractivity contribution in [2.45, 2.75) is 37.8 Å². The molecule has 0 spiro atoms. The summed E-state index contributed by atoms with van der Waals surface area (Å²) in [5.74, 6) is -1.83. The lowest BCUT2D eigenvalue weighted by molar-refractivity contribution is -0.126. The molecule has 0 unspecified atom stereocenters. The maximum atomic E-state index is 15.1. The van der Waals surface area contributed by atoms with Crippen molar-refractivity contribution in [1.82, 2.24) is 10.6 Å². The van der Waals surface area contributed by atoms with E-state index in [1.54, 1.807) is 36.4 Å². The highest BCUT2D eigenvalue weighted by atomic mass is 19.1. The van der Waals surface area contributed by atoms with E-state index in [1.165, 1.54) is 42.5 Å². The maximum Gasteiger partial charge on any atom is 0.287 e. The van der Waals surface area contributed by atoms with Crippen molar-refractivity contribution in [3.63, 3.8) is 0 Å². The Morgan fingerprint density at radius 3 is 2.56 bits per heavy atom. The number of methoxy groups -OCH3 is 1. The lowest BCUT2D eigenvalue weighted by Gasteiger charge is -2.32. The fraction of sp³-hybridized carbons (Fsp3) is 0.296. The van der Waals surface area contributed by atoms with Gasteiger partial charge >= 0.3 is 0 Å². The normalized spacial score (nSPS) is 14.2. The number of carbonyl (C=O) groups excluding carboxylic acids is 3. The summed E-state index contributed by atoms with van der Waals surface area (Å²) in [5.41, 5.74) is 0.364. The van der Waals surface area contributed by atoms with Gasteiger partial charge in [-0.25, -0.2) is 4.39 Å². The Morgan fingerprint density at radius 2 is 1.86 bits per heavy atom. The first kappa shape index (κ1) is 25.0. The largest absolute Gasteiger partial charge is 0.497 e. The molecule has 1 saturated carbocycles. The summed E-state index contributed by atoms with van der Waals surface area (Å²) in [7, 11) is 1.48. The van der Waals surface area contributed by atoms with Crippen LogP contribution in [-0.4, -0.2) is 37.4 Å². The van der Waals surface area contributed by atoms with Crippen LogP contribution in [0.1, 0.15) is 47.8 Å². The van der Waals surface area contributed by atoms with Gasteiger partial charge in [0, 0.05) is 23.4 Å². The van der Waals surface area contributed by atoms with Crippen LogP contribution in [0.3, 0.4) is 0 Å². The molecule has 1 aromatic heterocycles. The van der Waals surface area contributed by atoms with Crippen LogP contribution < -0.4 is 20.3 Å². The molecular weight excluding hydrogens is 465 g/mol. The molecule has 0 aliphatic heterocycles. The van der Waals surface area contributed by atoms with Crippen molar-refractivity contribution < 1.29 is 27.9 Å². The molecule has 2 N–H and O–H groups in total. The molecule has 4 rings (SSSR count). The number of rotatable bonds is 9. The minimum Gasteiger partial charge on any atom is -0.497 e. The summed E-state index contributed by atoms with van der Waals surface area (Å²) >= 11 is 0. The summed E-state index contributed by atoms with van der Waals surface area (Å²) < 4.78 is 25.5. The predicted molar refractivity (Wildman–Crippen MR) is 131 cm³/mol. The number of nitrogens with one attached hydrogen (secondary N) is 2. The Bertz CT molecular complexity index is 1210. The van der Waals surface area contributed by atoms with Gasteiger partial charge in [-0.2, -0.15) is 0 Å². The third-order valence-electron chi connectivity index (χ3n) is 6.15. The molecule has 3 amide bonds. The molecule has 8 nitrogen and oxygen atoms in total. The number of nitrogens with zero attached hydrogens (tertiary/aromatic N) is 1. The molecule has 0 saturated heterocycles. The SMILES string of the molecule is COc1cccc(N(C(=O)CNC(=O)c2ccco2)[C@@H](C(=O)NC2CCCC2)c2ccccc2F)c1. The minimum absolute atomic E-state index is 0.0420. The highest BCUT2D eigenvalue weighted by molar-refractivity contribution is 6.04. The average Bonchev–Trinajstić information content (AvgIpc) is 3.61. The van der Waals surface area contributed by atoms with Crippen molar-refractivity contribution >= 4 is 23.4 Å². The smallest absolute Gasteiger partial charge is 0.287 e. The molecule has 3 aromatic rings. The first-order chi connectivity index (χ1) is 17.5. The molecule has 2 aromatic carbocycles. The third-order valence-corrected chi connectivity index (χ3v) is 6.15. The third kappa shape index (κ3) is 5.73. The van der Waals surface area contributed by atoms with Crippen LogP contribution in [-0.2, 0) is 9.59 Å². The van der Waals surface area contributed by atoms with Gasteiger partial charge in [0.05, 0.1) is 19.9 Å². The fourth-order valence-corrected chi connectivity index (χ4v) is 4.38. The standard InChI is InChI=1S/C27H28FN3O5/c1-35-20-11-6-10-19(16-20)31(24(32)17-29-26(33)23-14-7-15-36-23)25(21-12-4-5-13-22(21)28)27(34)30-18-8-2-3-9-18/h4-7,10-16,18,25H,2-3,8-9,17H2,1H3,(H,29,33)(H,30,34)/t25-/m1/s1. The number of hydrogen-bond acceptors (Lipinski definition) is 5. The second-order valence-electron chi connectivity index (χ2n) is 8.54. The highest BCUT2D eigenvalue weighted by Crippen LogP contribution is 2.32. The molecule has 188 valence electrons. The Kier molecular flexibility index (Phi) is 7.99. The van der Waals surface area contributed by atoms with E-state index in [0.29, 0.717) is 11.4 Å². The Balaban J connectivity index is 1.72. The van der Waals surface area contributed by atoms with Crippen LogP contribution in [0.4, 0.5) is 10.1 Å². The topological polar surface area (TPSA) is 101 Å². The molecule has 0 radical (unpaired) electrons. The van der Waals surface area contributed by atoms with Crippen LogP contribution in [0, 0.1) is 5.82 Å². The van der Waals surface area contributed by atoms with E-state index in [2.05, 4.69) is 10.6 Å². The van der Waals surface area contributed by atoms with Crippen molar-refractivity contribution in [2.24, 2.45) is 0 Å². The number of anilines is 1. The quantitative estimate of drug-likeness (QED) is 0.470. The van der Waals surface area contributed by atoms with Crippen LogP contribution in [0.5, 0.6) is 5.75 Å². The van der Waals surface area contributed by atoms with Gasteiger partial charge in [-0.3, -0.25) is 19.3 Å². The average molecular weight is 494 g/mol. The van der Waals surface area contributed by atoms with Gasteiger partial charge in [-0.05, 0) is 43.2 Å². The van der Waals surface area contributed by atoms with Crippen LogP contribution in [0.2, 0.25) is 0 Å². The van der Waals surface area contributed by atoms with Gasteiger partial charge in [0.1, 0.15) is 17.6 Å². The van der Waals surface area contributed by atoms with E-state index in [-0.39, 0.29) is 17.4 Å². The van der Waals surface area contributed by atoms with Crippen LogP contribution >= 0.6 is 0 Å². The first-order valence-corrected chi connectivity index (χ1v) is 11.8. The molecular formula is C27H28FN3O5. The Hall–Kier alpha value is -4.14. The van der Waals surface area contributed by atoms with Crippen molar-refractivity contribution in [2.75, 3.05) is 18.6 Å². The van der Waals surface area contributed by atoms with Crippen molar-refractivity contribution in [1.29, 1.82) is 0 Å². The van der Waals surface area contributed by atoms with Gasteiger partial charge in [-0.1, -0.05) is 37.1 Å². The summed E-state index contributed by atoms with van der Waals surface area (Å²) in [5, 5.41) is 5.51. The number of ether oxygens (including phenoxy) is 1. The number of hydrogen-bond donors (Lipinski definition) is 2. The number of benzene rings is 2. The number of amides is 3. The lowest BCUT2D eigenvalue weighted by Crippen LogP contribution is -2.49. The van der Waals surface area contributed by atoms with Gasteiger partial charge < -0.3 is 19.8 Å². The van der Waals surface area contributed by atoms with Gasteiger partial charge in [0.2, 0.25) is 11.8 Å². The summed E-state index contributed by atoms with van der Waals surface area (Å²) in [6, 6.07) is 14.1. The molecule has 1 heterocycles. The number of halogens is 1. The minimum atomic E-state index is -1.31. The van der Waals surface area contributed by atoms with E-state index < -0.39 is 36.1 Å². The molecule has 9 heteroatoms. The molecule has 1 aliphatic rings. The molecule has 1 fully saturated rings.